The summed E-state index contributed by atoms with van der Waals surface area (Å²) in [6.07, 6.45) is -3.17. The number of esters is 2. The molecule has 0 heterocycles. The molecule has 0 bridgehead atoms. The molecule has 1 atom stereocenters. The van der Waals surface area contributed by atoms with E-state index in [0.29, 0.717) is 0 Å². The van der Waals surface area contributed by atoms with E-state index >= 15 is 0 Å². The molecule has 0 aromatic carbocycles. The lowest BCUT2D eigenvalue weighted by atomic mass is 10.0. The van der Waals surface area contributed by atoms with Gasteiger partial charge in [0, 0.05) is 12.8 Å². The summed E-state index contributed by atoms with van der Waals surface area (Å²) in [6.45, 7) is 4.28. The molecule has 0 amide bonds. The average Bonchev–Trinajstić information content (AvgIpc) is 2.35. The van der Waals surface area contributed by atoms with Crippen LogP contribution in [0.15, 0.2) is 0 Å². The minimum Gasteiger partial charge on any atom is -0.462 e. The number of hydrogen-bond donors (Lipinski definition) is 0. The maximum absolute atomic E-state index is 11.8. The Balaban J connectivity index is 3.90. The topological polar surface area (TPSA) is 52.6 Å². The van der Waals surface area contributed by atoms with Crippen LogP contribution >= 0.6 is 0 Å². The average molecular weight is 312 g/mol. The summed E-state index contributed by atoms with van der Waals surface area (Å²) >= 11 is 0. The fourth-order valence-corrected chi connectivity index (χ4v) is 1.65. The molecule has 0 saturated carbocycles. The van der Waals surface area contributed by atoms with Gasteiger partial charge in [-0.25, -0.2) is 0 Å². The van der Waals surface area contributed by atoms with Crippen molar-refractivity contribution in [2.24, 2.45) is 5.92 Å². The Morgan fingerprint density at radius 1 is 1.10 bits per heavy atom. The maximum Gasteiger partial charge on any atom is 0.422 e. The molecule has 0 aliphatic heterocycles. The highest BCUT2D eigenvalue weighted by Gasteiger charge is 2.29. The lowest BCUT2D eigenvalue weighted by molar-refractivity contribution is -0.186. The number of alkyl halides is 3. The number of halogens is 3. The molecular formula is C14H23F3O4. The Hall–Kier alpha value is -1.27. The van der Waals surface area contributed by atoms with Crippen LogP contribution in [0.25, 0.3) is 0 Å². The summed E-state index contributed by atoms with van der Waals surface area (Å²) in [6, 6.07) is 0. The van der Waals surface area contributed by atoms with Crippen molar-refractivity contribution in [1.29, 1.82) is 0 Å². The van der Waals surface area contributed by atoms with Crippen LogP contribution in [0.4, 0.5) is 13.2 Å². The second kappa shape index (κ2) is 9.63. The smallest absolute Gasteiger partial charge is 0.422 e. The van der Waals surface area contributed by atoms with Crippen LogP contribution in [0.3, 0.4) is 0 Å². The summed E-state index contributed by atoms with van der Waals surface area (Å²) in [5.74, 6) is -1.20. The molecule has 0 saturated heterocycles. The van der Waals surface area contributed by atoms with E-state index in [2.05, 4.69) is 4.74 Å². The first kappa shape index (κ1) is 19.7. The van der Waals surface area contributed by atoms with Gasteiger partial charge in [-0.05, 0) is 18.8 Å². The molecule has 4 nitrogen and oxygen atoms in total. The fraction of sp³-hybridized carbons (Fsp3) is 0.857. The number of rotatable bonds is 9. The molecule has 0 spiro atoms. The van der Waals surface area contributed by atoms with E-state index in [4.69, 9.17) is 4.74 Å². The largest absolute Gasteiger partial charge is 0.462 e. The van der Waals surface area contributed by atoms with Crippen molar-refractivity contribution in [2.75, 3.05) is 6.61 Å². The quantitative estimate of drug-likeness (QED) is 0.610. The van der Waals surface area contributed by atoms with Crippen LogP contribution in [0.1, 0.15) is 52.9 Å². The minimum absolute atomic E-state index is 0.00590. The molecule has 7 heteroatoms. The third-order valence-corrected chi connectivity index (χ3v) is 2.76. The predicted molar refractivity (Wildman–Crippen MR) is 70.5 cm³/mol. The van der Waals surface area contributed by atoms with Gasteiger partial charge in [-0.2, -0.15) is 13.2 Å². The third kappa shape index (κ3) is 11.1. The van der Waals surface area contributed by atoms with E-state index in [1.165, 1.54) is 0 Å². The molecule has 0 N–H and O–H groups in total. The van der Waals surface area contributed by atoms with E-state index in [9.17, 15) is 22.8 Å². The number of carbonyl (C=O) groups is 2. The van der Waals surface area contributed by atoms with Crippen molar-refractivity contribution < 1.29 is 32.2 Å². The molecule has 0 aromatic rings. The Bertz CT molecular complexity index is 327. The van der Waals surface area contributed by atoms with Crippen LogP contribution in [-0.2, 0) is 19.1 Å². The monoisotopic (exact) mass is 312 g/mol. The zero-order valence-corrected chi connectivity index (χ0v) is 12.7. The normalized spacial score (nSPS) is 13.1. The standard InChI is InChI=1S/C14H23F3O4/c1-4-6-11(10(2)3)21-13(19)8-5-7-12(18)20-9-14(15,16)17/h10-11H,4-9H2,1-3H3. The van der Waals surface area contributed by atoms with E-state index < -0.39 is 24.7 Å². The zero-order valence-electron chi connectivity index (χ0n) is 12.7. The van der Waals surface area contributed by atoms with Crippen molar-refractivity contribution in [3.05, 3.63) is 0 Å². The van der Waals surface area contributed by atoms with Gasteiger partial charge in [0.05, 0.1) is 0 Å². The fourth-order valence-electron chi connectivity index (χ4n) is 1.65. The highest BCUT2D eigenvalue weighted by Crippen LogP contribution is 2.16. The summed E-state index contributed by atoms with van der Waals surface area (Å²) in [4.78, 5) is 22.6. The summed E-state index contributed by atoms with van der Waals surface area (Å²) in [5.41, 5.74) is 0. The van der Waals surface area contributed by atoms with Crippen molar-refractivity contribution >= 4 is 11.9 Å². The van der Waals surface area contributed by atoms with Gasteiger partial charge in [0.1, 0.15) is 6.10 Å². The van der Waals surface area contributed by atoms with Gasteiger partial charge >= 0.3 is 18.1 Å². The Morgan fingerprint density at radius 3 is 2.14 bits per heavy atom. The Labute approximate surface area is 123 Å². The zero-order chi connectivity index (χ0) is 16.5. The molecule has 1 unspecified atom stereocenters. The maximum atomic E-state index is 11.8. The molecule has 0 fully saturated rings. The molecule has 0 aliphatic carbocycles. The minimum atomic E-state index is -4.53. The molecule has 0 rings (SSSR count). The molecule has 21 heavy (non-hydrogen) atoms. The van der Waals surface area contributed by atoms with Crippen molar-refractivity contribution in [3.8, 4) is 0 Å². The van der Waals surface area contributed by atoms with Gasteiger partial charge < -0.3 is 9.47 Å². The first-order valence-corrected chi connectivity index (χ1v) is 7.07. The van der Waals surface area contributed by atoms with E-state index in [0.717, 1.165) is 12.8 Å². The first-order chi connectivity index (χ1) is 9.65. The first-order valence-electron chi connectivity index (χ1n) is 7.07. The van der Waals surface area contributed by atoms with Gasteiger partial charge in [-0.15, -0.1) is 0 Å². The summed E-state index contributed by atoms with van der Waals surface area (Å²) in [7, 11) is 0. The van der Waals surface area contributed by atoms with Crippen molar-refractivity contribution in [1.82, 2.24) is 0 Å². The predicted octanol–water partition coefficient (Wildman–Crippen LogP) is 3.63. The van der Waals surface area contributed by atoms with Crippen LogP contribution in [-0.4, -0.2) is 30.8 Å². The van der Waals surface area contributed by atoms with Crippen LogP contribution in [0.5, 0.6) is 0 Å². The van der Waals surface area contributed by atoms with E-state index in [1.54, 1.807) is 0 Å². The number of hydrogen-bond acceptors (Lipinski definition) is 4. The van der Waals surface area contributed by atoms with Gasteiger partial charge in [0.15, 0.2) is 6.61 Å². The van der Waals surface area contributed by atoms with E-state index in [-0.39, 0.29) is 31.3 Å². The molecular weight excluding hydrogens is 289 g/mol. The number of ether oxygens (including phenoxy) is 2. The molecule has 124 valence electrons. The summed E-state index contributed by atoms with van der Waals surface area (Å²) < 4.78 is 44.7. The Kier molecular flexibility index (Phi) is 9.05. The molecule has 0 aliphatic rings. The second-order valence-electron chi connectivity index (χ2n) is 5.19. The highest BCUT2D eigenvalue weighted by atomic mass is 19.4. The highest BCUT2D eigenvalue weighted by molar-refractivity contribution is 5.72. The molecule has 0 radical (unpaired) electrons. The SMILES string of the molecule is CCCC(OC(=O)CCCC(=O)OCC(F)(F)F)C(C)C. The van der Waals surface area contributed by atoms with Gasteiger partial charge in [-0.3, -0.25) is 9.59 Å². The van der Waals surface area contributed by atoms with Gasteiger partial charge in [0.2, 0.25) is 0 Å². The summed E-state index contributed by atoms with van der Waals surface area (Å²) in [5, 5.41) is 0. The van der Waals surface area contributed by atoms with Crippen LogP contribution < -0.4 is 0 Å². The molecule has 0 aromatic heterocycles. The van der Waals surface area contributed by atoms with Crippen molar-refractivity contribution in [3.63, 3.8) is 0 Å². The number of carbonyl (C=O) groups excluding carboxylic acids is 2. The van der Waals surface area contributed by atoms with Crippen LogP contribution in [0.2, 0.25) is 0 Å². The van der Waals surface area contributed by atoms with Gasteiger partial charge in [0.25, 0.3) is 0 Å². The van der Waals surface area contributed by atoms with Crippen molar-refractivity contribution in [2.45, 2.75) is 65.2 Å². The Morgan fingerprint density at radius 2 is 1.67 bits per heavy atom. The third-order valence-electron chi connectivity index (χ3n) is 2.76. The lowest BCUT2D eigenvalue weighted by Gasteiger charge is -2.20. The van der Waals surface area contributed by atoms with Crippen LogP contribution in [0, 0.1) is 5.92 Å². The van der Waals surface area contributed by atoms with Gasteiger partial charge in [-0.1, -0.05) is 27.2 Å². The van der Waals surface area contributed by atoms with E-state index in [1.807, 2.05) is 20.8 Å². The lowest BCUT2D eigenvalue weighted by Crippen LogP contribution is -2.23. The second-order valence-corrected chi connectivity index (χ2v) is 5.19.